The molecule has 5 rings (SSSR count). The second-order valence-corrected chi connectivity index (χ2v) is 11.0. The number of nitro groups is 1. The number of pyridine rings is 1. The molecule has 3 aromatic carbocycles. The van der Waals surface area contributed by atoms with Crippen molar-refractivity contribution in [3.63, 3.8) is 0 Å². The molecule has 11 nitrogen and oxygen atoms in total. The van der Waals surface area contributed by atoms with Crippen molar-refractivity contribution < 1.29 is 27.7 Å². The first-order valence-electron chi connectivity index (χ1n) is 12.6. The highest BCUT2D eigenvalue weighted by Gasteiger charge is 2.26. The van der Waals surface area contributed by atoms with Crippen molar-refractivity contribution in [2.45, 2.75) is 24.2 Å². The monoisotopic (exact) mass is 572 g/mol. The molecule has 3 N–H and O–H groups in total. The van der Waals surface area contributed by atoms with Gasteiger partial charge >= 0.3 is 5.97 Å². The fraction of sp³-hybridized carbons (Fsp3) is 0.138. The Hall–Kier alpha value is -4.94. The second kappa shape index (κ2) is 11.3. The van der Waals surface area contributed by atoms with E-state index in [0.717, 1.165) is 17.6 Å². The lowest BCUT2D eigenvalue weighted by molar-refractivity contribution is -0.384. The lowest BCUT2D eigenvalue weighted by Crippen LogP contribution is -2.22. The minimum absolute atomic E-state index is 0.00472. The number of amides is 1. The highest BCUT2D eigenvalue weighted by molar-refractivity contribution is 7.89. The van der Waals surface area contributed by atoms with Gasteiger partial charge in [0.1, 0.15) is 0 Å². The number of primary sulfonamides is 1. The van der Waals surface area contributed by atoms with Gasteiger partial charge in [-0.05, 0) is 84.5 Å². The van der Waals surface area contributed by atoms with E-state index in [1.165, 1.54) is 36.4 Å². The summed E-state index contributed by atoms with van der Waals surface area (Å²) in [5.74, 6) is -1.27. The zero-order chi connectivity index (χ0) is 29.1. The van der Waals surface area contributed by atoms with Crippen molar-refractivity contribution in [3.8, 4) is 0 Å². The van der Waals surface area contributed by atoms with E-state index in [1.54, 1.807) is 30.3 Å². The number of allylic oxidation sites excluding steroid dienone is 1. The molecule has 0 aliphatic heterocycles. The molecule has 1 aliphatic carbocycles. The van der Waals surface area contributed by atoms with Crippen LogP contribution >= 0.6 is 0 Å². The first kappa shape index (κ1) is 27.6. The van der Waals surface area contributed by atoms with Gasteiger partial charge in [-0.3, -0.25) is 14.9 Å². The minimum atomic E-state index is -3.87. The maximum absolute atomic E-state index is 13.4. The molecule has 0 bridgehead atoms. The van der Waals surface area contributed by atoms with Crippen molar-refractivity contribution >= 4 is 55.8 Å². The number of rotatable bonds is 7. The van der Waals surface area contributed by atoms with Gasteiger partial charge in [-0.2, -0.15) is 0 Å². The molecule has 0 atom stereocenters. The number of sulfonamides is 1. The van der Waals surface area contributed by atoms with E-state index >= 15 is 0 Å². The number of hydrogen-bond acceptors (Lipinski definition) is 8. The molecule has 0 fully saturated rings. The van der Waals surface area contributed by atoms with Crippen LogP contribution in [0.4, 0.5) is 11.4 Å². The van der Waals surface area contributed by atoms with E-state index < -0.39 is 33.4 Å². The Morgan fingerprint density at radius 1 is 1.02 bits per heavy atom. The van der Waals surface area contributed by atoms with Gasteiger partial charge in [0.15, 0.2) is 6.61 Å². The van der Waals surface area contributed by atoms with Crippen molar-refractivity contribution in [1.82, 2.24) is 4.98 Å². The molecule has 1 aromatic heterocycles. The summed E-state index contributed by atoms with van der Waals surface area (Å²) in [4.78, 5) is 41.2. The van der Waals surface area contributed by atoms with Gasteiger partial charge < -0.3 is 10.1 Å². The Balaban J connectivity index is 1.40. The Labute approximate surface area is 234 Å². The molecular formula is C29H24N4O7S. The maximum atomic E-state index is 13.4. The summed E-state index contributed by atoms with van der Waals surface area (Å²) >= 11 is 0. The normalized spacial score (nSPS) is 13.9. The zero-order valence-corrected chi connectivity index (χ0v) is 22.4. The van der Waals surface area contributed by atoms with Crippen LogP contribution in [0.1, 0.15) is 40.0 Å². The molecule has 0 unspecified atom stereocenters. The summed E-state index contributed by atoms with van der Waals surface area (Å²) in [5, 5.41) is 19.3. The lowest BCUT2D eigenvalue weighted by Gasteiger charge is -2.22. The van der Waals surface area contributed by atoms with Crippen molar-refractivity contribution in [2.75, 3.05) is 11.9 Å². The van der Waals surface area contributed by atoms with Gasteiger partial charge in [-0.25, -0.2) is 23.3 Å². The summed E-state index contributed by atoms with van der Waals surface area (Å²) in [6.45, 7) is -0.563. The van der Waals surface area contributed by atoms with E-state index in [9.17, 15) is 28.1 Å². The number of nitrogens with two attached hydrogens (primary N) is 1. The molecule has 0 saturated carbocycles. The van der Waals surface area contributed by atoms with Crippen LogP contribution in [-0.2, 0) is 26.0 Å². The number of nitrogens with zero attached hydrogens (tertiary/aromatic N) is 2. The Morgan fingerprint density at radius 3 is 2.41 bits per heavy atom. The Kier molecular flexibility index (Phi) is 7.60. The van der Waals surface area contributed by atoms with E-state index in [4.69, 9.17) is 14.9 Å². The van der Waals surface area contributed by atoms with Crippen LogP contribution in [-0.4, -0.2) is 36.8 Å². The van der Waals surface area contributed by atoms with Crippen LogP contribution in [0.3, 0.4) is 0 Å². The van der Waals surface area contributed by atoms with E-state index in [1.807, 2.05) is 12.1 Å². The van der Waals surface area contributed by atoms with Crippen molar-refractivity contribution in [1.29, 1.82) is 0 Å². The standard InChI is InChI=1S/C29H24N4O7S/c30-41(38,39)22-14-10-20(11-15-22)31-26(34)17-40-29(35)27-23-5-1-2-7-25(23)32-28-19(4-3-6-24(27)28)16-18-8-12-21(13-9-18)33(36)37/h1-2,5,7-16H,3-4,6,17H2,(H,31,34)(H2,30,38,39). The van der Waals surface area contributed by atoms with E-state index in [0.29, 0.717) is 46.3 Å². The number of esters is 1. The zero-order valence-electron chi connectivity index (χ0n) is 21.6. The van der Waals surface area contributed by atoms with Crippen LogP contribution in [0, 0.1) is 10.1 Å². The fourth-order valence-corrected chi connectivity index (χ4v) is 5.25. The number of hydrogen-bond donors (Lipinski definition) is 2. The quantitative estimate of drug-likeness (QED) is 0.186. The van der Waals surface area contributed by atoms with Gasteiger partial charge in [0.2, 0.25) is 10.0 Å². The van der Waals surface area contributed by atoms with Crippen LogP contribution in [0.5, 0.6) is 0 Å². The number of carbonyl (C=O) groups excluding carboxylic acids is 2. The number of para-hydroxylation sites is 1. The molecule has 1 heterocycles. The third-order valence-corrected chi connectivity index (χ3v) is 7.55. The molecule has 0 radical (unpaired) electrons. The smallest absolute Gasteiger partial charge is 0.339 e. The molecule has 4 aromatic rings. The number of carbonyl (C=O) groups is 2. The van der Waals surface area contributed by atoms with Crippen LogP contribution < -0.4 is 10.5 Å². The van der Waals surface area contributed by atoms with Crippen molar-refractivity contribution in [2.24, 2.45) is 5.14 Å². The number of nitrogens with one attached hydrogen (secondary N) is 1. The predicted molar refractivity (Wildman–Crippen MR) is 152 cm³/mol. The molecular weight excluding hydrogens is 548 g/mol. The summed E-state index contributed by atoms with van der Waals surface area (Å²) in [5.41, 5.74) is 4.26. The molecule has 0 spiro atoms. The van der Waals surface area contributed by atoms with Crippen LogP contribution in [0.2, 0.25) is 0 Å². The average molecular weight is 573 g/mol. The highest BCUT2D eigenvalue weighted by Crippen LogP contribution is 2.36. The largest absolute Gasteiger partial charge is 0.452 e. The number of ether oxygens (including phenoxy) is 1. The Morgan fingerprint density at radius 2 is 1.73 bits per heavy atom. The molecule has 0 saturated heterocycles. The molecule has 208 valence electrons. The van der Waals surface area contributed by atoms with Crippen molar-refractivity contribution in [3.05, 3.63) is 105 Å². The summed E-state index contributed by atoms with van der Waals surface area (Å²) in [7, 11) is -3.87. The van der Waals surface area contributed by atoms with Crippen LogP contribution in [0.25, 0.3) is 22.6 Å². The van der Waals surface area contributed by atoms with Gasteiger partial charge in [0.05, 0.1) is 26.6 Å². The topological polar surface area (TPSA) is 172 Å². The summed E-state index contributed by atoms with van der Waals surface area (Å²) in [6.07, 6.45) is 3.95. The number of nitro benzene ring substituents is 1. The third-order valence-electron chi connectivity index (χ3n) is 6.62. The number of aromatic nitrogens is 1. The second-order valence-electron chi connectivity index (χ2n) is 9.40. The molecule has 12 heteroatoms. The minimum Gasteiger partial charge on any atom is -0.452 e. The van der Waals surface area contributed by atoms with E-state index in [2.05, 4.69) is 5.32 Å². The van der Waals surface area contributed by atoms with E-state index in [-0.39, 0.29) is 10.6 Å². The molecule has 1 aliphatic rings. The van der Waals surface area contributed by atoms with Gasteiger partial charge in [-0.1, -0.05) is 18.2 Å². The SMILES string of the molecule is NS(=O)(=O)c1ccc(NC(=O)COC(=O)c2c3c(nc4ccccc24)C(=Cc2ccc([N+](=O)[O-])cc2)CCC3)cc1. The first-order valence-corrected chi connectivity index (χ1v) is 14.1. The van der Waals surface area contributed by atoms with Gasteiger partial charge in [0, 0.05) is 23.2 Å². The number of non-ortho nitro benzene ring substituents is 1. The predicted octanol–water partition coefficient (Wildman–Crippen LogP) is 4.46. The summed E-state index contributed by atoms with van der Waals surface area (Å²) < 4.78 is 28.3. The molecule has 1 amide bonds. The first-order chi connectivity index (χ1) is 19.6. The fourth-order valence-electron chi connectivity index (χ4n) is 4.73. The maximum Gasteiger partial charge on any atom is 0.339 e. The molecule has 41 heavy (non-hydrogen) atoms. The van der Waals surface area contributed by atoms with Gasteiger partial charge in [0.25, 0.3) is 11.6 Å². The third kappa shape index (κ3) is 6.13. The highest BCUT2D eigenvalue weighted by atomic mass is 32.2. The summed E-state index contributed by atoms with van der Waals surface area (Å²) in [6, 6.07) is 18.7. The van der Waals surface area contributed by atoms with Gasteiger partial charge in [-0.15, -0.1) is 0 Å². The van der Waals surface area contributed by atoms with Crippen LogP contribution in [0.15, 0.2) is 77.7 Å². The Bertz CT molecular complexity index is 1820. The number of anilines is 1. The number of benzene rings is 3. The average Bonchev–Trinajstić information content (AvgIpc) is 2.95. The number of fused-ring (bicyclic) bond motifs is 2. The lowest BCUT2D eigenvalue weighted by atomic mass is 9.86.